The van der Waals surface area contributed by atoms with Crippen LogP contribution in [0.25, 0.3) is 26.6 Å². The molecule has 128 valence electrons. The fourth-order valence-corrected chi connectivity index (χ4v) is 4.65. The molecule has 0 bridgehead atoms. The summed E-state index contributed by atoms with van der Waals surface area (Å²) in [5, 5.41) is 6.21. The number of halogens is 1. The highest BCUT2D eigenvalue weighted by Crippen LogP contribution is 2.42. The maximum atomic E-state index is 13.0. The molecule has 0 atom stereocenters. The Morgan fingerprint density at radius 3 is 2.65 bits per heavy atom. The van der Waals surface area contributed by atoms with E-state index in [1.165, 1.54) is 11.3 Å². The average Bonchev–Trinajstić information content (AvgIpc) is 3.28. The van der Waals surface area contributed by atoms with Gasteiger partial charge in [-0.3, -0.25) is 4.79 Å². The van der Waals surface area contributed by atoms with Gasteiger partial charge in [-0.05, 0) is 24.1 Å². The molecule has 26 heavy (non-hydrogen) atoms. The number of aromatic nitrogens is 3. The second kappa shape index (κ2) is 5.50. The van der Waals surface area contributed by atoms with E-state index in [0.717, 1.165) is 37.9 Å². The zero-order valence-electron chi connectivity index (χ0n) is 14.2. The van der Waals surface area contributed by atoms with Gasteiger partial charge in [0.1, 0.15) is 0 Å². The van der Waals surface area contributed by atoms with Crippen molar-refractivity contribution in [3.8, 4) is 16.4 Å². The maximum absolute atomic E-state index is 13.0. The van der Waals surface area contributed by atoms with Crippen molar-refractivity contribution < 1.29 is 4.79 Å². The van der Waals surface area contributed by atoms with Crippen LogP contribution in [0.3, 0.4) is 0 Å². The first-order valence-corrected chi connectivity index (χ1v) is 9.57. The molecule has 4 nitrogen and oxygen atoms in total. The molecule has 6 heteroatoms. The minimum atomic E-state index is 0.0507. The molecule has 5 rings (SSSR count). The molecule has 2 heterocycles. The van der Waals surface area contributed by atoms with Gasteiger partial charge in [0, 0.05) is 16.1 Å². The average molecular weight is 380 g/mol. The quantitative estimate of drug-likeness (QED) is 0.408. The minimum Gasteiger partial charge on any atom is -0.288 e. The van der Waals surface area contributed by atoms with Crippen LogP contribution in [-0.2, 0) is 0 Å². The zero-order valence-corrected chi connectivity index (χ0v) is 15.7. The number of nitrogens with zero attached hydrogens (tertiary/aromatic N) is 3. The van der Waals surface area contributed by atoms with E-state index in [0.29, 0.717) is 10.6 Å². The van der Waals surface area contributed by atoms with Crippen LogP contribution in [0.15, 0.2) is 42.5 Å². The third-order valence-corrected chi connectivity index (χ3v) is 5.86. The lowest BCUT2D eigenvalue weighted by molar-refractivity contribution is 0.104. The fourth-order valence-electron chi connectivity index (χ4n) is 3.45. The van der Waals surface area contributed by atoms with Gasteiger partial charge in [0.25, 0.3) is 0 Å². The Morgan fingerprint density at radius 2 is 1.88 bits per heavy atom. The van der Waals surface area contributed by atoms with Gasteiger partial charge in [-0.15, -0.1) is 0 Å². The lowest BCUT2D eigenvalue weighted by atomic mass is 10.0. The van der Waals surface area contributed by atoms with E-state index >= 15 is 0 Å². The molecule has 1 aliphatic carbocycles. The van der Waals surface area contributed by atoms with E-state index in [1.807, 2.05) is 47.1 Å². The molecular formula is C20H14ClN3OS. The smallest absolute Gasteiger partial charge is 0.212 e. The van der Waals surface area contributed by atoms with Crippen LogP contribution in [0.5, 0.6) is 0 Å². The standard InChI is InChI=1S/C20H14ClN3OS/c1-10(2)17-16-18(12-5-3-4-6-13(12)19(16)25)24(23-17)20-22-14-8-7-11(21)9-15(14)26-20/h3-10H,1-2H3. The molecule has 0 radical (unpaired) electrons. The number of rotatable bonds is 2. The van der Waals surface area contributed by atoms with Crippen LogP contribution < -0.4 is 0 Å². The van der Waals surface area contributed by atoms with Crippen LogP contribution in [0.1, 0.15) is 41.4 Å². The first-order valence-electron chi connectivity index (χ1n) is 8.38. The third kappa shape index (κ3) is 2.11. The van der Waals surface area contributed by atoms with Crippen LogP contribution in [0.4, 0.5) is 0 Å². The second-order valence-corrected chi connectivity index (χ2v) is 8.10. The van der Waals surface area contributed by atoms with E-state index in [2.05, 4.69) is 13.8 Å². The van der Waals surface area contributed by atoms with Crippen molar-refractivity contribution in [3.05, 3.63) is 64.3 Å². The number of carbonyl (C=O) groups excluding carboxylic acids is 1. The number of hydrogen-bond acceptors (Lipinski definition) is 4. The van der Waals surface area contributed by atoms with Gasteiger partial charge >= 0.3 is 0 Å². The van der Waals surface area contributed by atoms with Crippen molar-refractivity contribution >= 4 is 38.9 Å². The largest absolute Gasteiger partial charge is 0.288 e. The number of fused-ring (bicyclic) bond motifs is 4. The fraction of sp³-hybridized carbons (Fsp3) is 0.150. The first kappa shape index (κ1) is 15.7. The summed E-state index contributed by atoms with van der Waals surface area (Å²) in [6.07, 6.45) is 0. The molecule has 0 amide bonds. The molecule has 2 aromatic carbocycles. The summed E-state index contributed by atoms with van der Waals surface area (Å²) in [5.74, 6) is 0.196. The Labute approximate surface area is 159 Å². The summed E-state index contributed by atoms with van der Waals surface area (Å²) in [6, 6.07) is 13.4. The van der Waals surface area contributed by atoms with Crippen LogP contribution in [0.2, 0.25) is 5.02 Å². The molecule has 2 aromatic heterocycles. The summed E-state index contributed by atoms with van der Waals surface area (Å²) in [6.45, 7) is 4.11. The van der Waals surface area contributed by atoms with Crippen molar-refractivity contribution in [3.63, 3.8) is 0 Å². The van der Waals surface area contributed by atoms with E-state index in [4.69, 9.17) is 21.7 Å². The monoisotopic (exact) mass is 379 g/mol. The molecule has 0 unspecified atom stereocenters. The van der Waals surface area contributed by atoms with Gasteiger partial charge in [0.2, 0.25) is 5.13 Å². The molecule has 0 aliphatic heterocycles. The number of thiazole rings is 1. The Morgan fingerprint density at radius 1 is 1.12 bits per heavy atom. The Hall–Kier alpha value is -2.50. The van der Waals surface area contributed by atoms with Crippen molar-refractivity contribution in [2.45, 2.75) is 19.8 Å². The van der Waals surface area contributed by atoms with Crippen molar-refractivity contribution in [2.24, 2.45) is 0 Å². The maximum Gasteiger partial charge on any atom is 0.212 e. The summed E-state index contributed by atoms with van der Waals surface area (Å²) >= 11 is 7.64. The Kier molecular flexibility index (Phi) is 3.33. The number of hydrogen-bond donors (Lipinski definition) is 0. The highest BCUT2D eigenvalue weighted by atomic mass is 35.5. The van der Waals surface area contributed by atoms with E-state index in [9.17, 15) is 4.79 Å². The van der Waals surface area contributed by atoms with Crippen LogP contribution >= 0.6 is 22.9 Å². The third-order valence-electron chi connectivity index (χ3n) is 4.63. The molecule has 0 spiro atoms. The normalized spacial score (nSPS) is 12.8. The summed E-state index contributed by atoms with van der Waals surface area (Å²) in [7, 11) is 0. The topological polar surface area (TPSA) is 47.8 Å². The summed E-state index contributed by atoms with van der Waals surface area (Å²) < 4.78 is 2.83. The van der Waals surface area contributed by atoms with Gasteiger partial charge in [-0.1, -0.05) is 61.1 Å². The van der Waals surface area contributed by atoms with Gasteiger partial charge < -0.3 is 0 Å². The van der Waals surface area contributed by atoms with Crippen LogP contribution in [0, 0.1) is 0 Å². The molecule has 0 saturated carbocycles. The predicted octanol–water partition coefficient (Wildman–Crippen LogP) is 5.47. The Balaban J connectivity index is 1.82. The SMILES string of the molecule is CC(C)c1nn(-c2nc3ccc(Cl)cc3s2)c2c1C(=O)c1ccccc1-2. The predicted molar refractivity (Wildman–Crippen MR) is 105 cm³/mol. The van der Waals surface area contributed by atoms with Crippen molar-refractivity contribution in [2.75, 3.05) is 0 Å². The van der Waals surface area contributed by atoms with Gasteiger partial charge in [-0.2, -0.15) is 5.10 Å². The van der Waals surface area contributed by atoms with Crippen molar-refractivity contribution in [1.82, 2.24) is 14.8 Å². The van der Waals surface area contributed by atoms with E-state index < -0.39 is 0 Å². The van der Waals surface area contributed by atoms with Crippen LogP contribution in [-0.4, -0.2) is 20.5 Å². The zero-order chi connectivity index (χ0) is 18.0. The molecule has 0 N–H and O–H groups in total. The first-order chi connectivity index (χ1) is 12.5. The molecule has 4 aromatic rings. The minimum absolute atomic E-state index is 0.0507. The molecule has 0 fully saturated rings. The molecule has 0 saturated heterocycles. The van der Waals surface area contributed by atoms with Gasteiger partial charge in [-0.25, -0.2) is 9.67 Å². The summed E-state index contributed by atoms with van der Waals surface area (Å²) in [5.41, 5.74) is 4.91. The number of carbonyl (C=O) groups is 1. The highest BCUT2D eigenvalue weighted by Gasteiger charge is 2.36. The molecule has 1 aliphatic rings. The highest BCUT2D eigenvalue weighted by molar-refractivity contribution is 7.20. The molecular weight excluding hydrogens is 366 g/mol. The Bertz CT molecular complexity index is 1210. The number of benzene rings is 2. The van der Waals surface area contributed by atoms with Gasteiger partial charge in [0.15, 0.2) is 5.78 Å². The van der Waals surface area contributed by atoms with E-state index in [-0.39, 0.29) is 11.7 Å². The van der Waals surface area contributed by atoms with Crippen molar-refractivity contribution in [1.29, 1.82) is 0 Å². The lowest BCUT2D eigenvalue weighted by Gasteiger charge is -2.04. The summed E-state index contributed by atoms with van der Waals surface area (Å²) in [4.78, 5) is 17.7. The second-order valence-electron chi connectivity index (χ2n) is 6.66. The lowest BCUT2D eigenvalue weighted by Crippen LogP contribution is -2.03. The van der Waals surface area contributed by atoms with Gasteiger partial charge in [0.05, 0.1) is 27.2 Å². The van der Waals surface area contributed by atoms with E-state index in [1.54, 1.807) is 0 Å². The number of ketones is 1.